The van der Waals surface area contributed by atoms with E-state index in [1.807, 2.05) is 7.05 Å². The molecule has 0 aromatic carbocycles. The molecular weight excluding hydrogens is 248 g/mol. The number of rotatable bonds is 6. The van der Waals surface area contributed by atoms with Gasteiger partial charge in [0.05, 0.1) is 6.54 Å². The second-order valence-corrected chi connectivity index (χ2v) is 6.47. The standard InChI is InChI=1S/C16H30N4/c1-6-17-15(18-10-7-9-16(2,3)4)19-12-14-8-11-20(5)13-14/h8,11,13H,6-7,9-10,12H2,1-5H3,(H2,17,18,19). The van der Waals surface area contributed by atoms with E-state index in [1.165, 1.54) is 18.4 Å². The van der Waals surface area contributed by atoms with Crippen LogP contribution in [0.5, 0.6) is 0 Å². The van der Waals surface area contributed by atoms with Crippen molar-refractivity contribution in [3.05, 3.63) is 24.0 Å². The summed E-state index contributed by atoms with van der Waals surface area (Å²) in [5.74, 6) is 0.908. The van der Waals surface area contributed by atoms with Crippen molar-refractivity contribution in [2.24, 2.45) is 17.5 Å². The molecule has 20 heavy (non-hydrogen) atoms. The van der Waals surface area contributed by atoms with E-state index in [9.17, 15) is 0 Å². The fourth-order valence-electron chi connectivity index (χ4n) is 1.99. The fourth-order valence-corrected chi connectivity index (χ4v) is 1.99. The number of hydrogen-bond donors (Lipinski definition) is 2. The summed E-state index contributed by atoms with van der Waals surface area (Å²) in [6.45, 7) is 11.5. The second-order valence-electron chi connectivity index (χ2n) is 6.47. The molecule has 0 amide bonds. The second kappa shape index (κ2) is 7.98. The molecule has 0 saturated heterocycles. The third-order valence-corrected chi connectivity index (χ3v) is 3.05. The van der Waals surface area contributed by atoms with E-state index < -0.39 is 0 Å². The summed E-state index contributed by atoms with van der Waals surface area (Å²) in [6.07, 6.45) is 6.54. The van der Waals surface area contributed by atoms with Crippen LogP contribution < -0.4 is 10.6 Å². The highest BCUT2D eigenvalue weighted by Crippen LogP contribution is 2.19. The average Bonchev–Trinajstić information content (AvgIpc) is 2.76. The molecule has 4 nitrogen and oxygen atoms in total. The zero-order valence-corrected chi connectivity index (χ0v) is 13.7. The van der Waals surface area contributed by atoms with Gasteiger partial charge >= 0.3 is 0 Å². The Morgan fingerprint density at radius 1 is 1.30 bits per heavy atom. The van der Waals surface area contributed by atoms with Crippen LogP contribution in [0, 0.1) is 5.41 Å². The normalized spacial score (nSPS) is 12.6. The van der Waals surface area contributed by atoms with Gasteiger partial charge in [-0.25, -0.2) is 4.99 Å². The molecule has 1 aromatic rings. The highest BCUT2D eigenvalue weighted by molar-refractivity contribution is 5.79. The number of aliphatic imine (C=N–C) groups is 1. The topological polar surface area (TPSA) is 41.4 Å². The molecule has 0 spiro atoms. The molecule has 0 radical (unpaired) electrons. The Morgan fingerprint density at radius 3 is 2.60 bits per heavy atom. The molecule has 0 saturated carbocycles. The Bertz CT molecular complexity index is 412. The van der Waals surface area contributed by atoms with E-state index in [0.29, 0.717) is 5.41 Å². The molecule has 1 heterocycles. The smallest absolute Gasteiger partial charge is 0.191 e. The molecule has 0 unspecified atom stereocenters. The molecule has 2 N–H and O–H groups in total. The number of aryl methyl sites for hydroxylation is 1. The van der Waals surface area contributed by atoms with Gasteiger partial charge in [-0.15, -0.1) is 0 Å². The van der Waals surface area contributed by atoms with Crippen LogP contribution in [-0.2, 0) is 13.6 Å². The van der Waals surface area contributed by atoms with Crippen LogP contribution in [0.1, 0.15) is 46.1 Å². The maximum atomic E-state index is 4.61. The molecule has 0 aliphatic rings. The van der Waals surface area contributed by atoms with Crippen molar-refractivity contribution in [3.8, 4) is 0 Å². The van der Waals surface area contributed by atoms with Crippen molar-refractivity contribution in [3.63, 3.8) is 0 Å². The third-order valence-electron chi connectivity index (χ3n) is 3.05. The molecule has 114 valence electrons. The van der Waals surface area contributed by atoms with Crippen LogP contribution in [0.3, 0.4) is 0 Å². The van der Waals surface area contributed by atoms with E-state index in [1.54, 1.807) is 0 Å². The molecule has 1 aromatic heterocycles. The zero-order chi connectivity index (χ0) is 15.0. The van der Waals surface area contributed by atoms with Gasteiger partial charge in [0, 0.05) is 32.5 Å². The van der Waals surface area contributed by atoms with E-state index in [4.69, 9.17) is 0 Å². The maximum absolute atomic E-state index is 4.61. The molecule has 1 rings (SSSR count). The molecule has 0 aliphatic carbocycles. The van der Waals surface area contributed by atoms with Crippen molar-refractivity contribution in [1.29, 1.82) is 0 Å². The predicted octanol–water partition coefficient (Wildman–Crippen LogP) is 2.91. The minimum absolute atomic E-state index is 0.404. The quantitative estimate of drug-likeness (QED) is 0.477. The van der Waals surface area contributed by atoms with Crippen molar-refractivity contribution in [2.75, 3.05) is 13.1 Å². The lowest BCUT2D eigenvalue weighted by molar-refractivity contribution is 0.365. The summed E-state index contributed by atoms with van der Waals surface area (Å²) in [6, 6.07) is 2.10. The minimum atomic E-state index is 0.404. The van der Waals surface area contributed by atoms with Crippen molar-refractivity contribution >= 4 is 5.96 Å². The summed E-state index contributed by atoms with van der Waals surface area (Å²) in [5, 5.41) is 6.69. The van der Waals surface area contributed by atoms with Gasteiger partial charge in [-0.3, -0.25) is 0 Å². The first-order valence-corrected chi connectivity index (χ1v) is 7.54. The monoisotopic (exact) mass is 278 g/mol. The Labute approximate surface area is 123 Å². The average molecular weight is 278 g/mol. The van der Waals surface area contributed by atoms with Gasteiger partial charge in [0.25, 0.3) is 0 Å². The van der Waals surface area contributed by atoms with Crippen LogP contribution >= 0.6 is 0 Å². The van der Waals surface area contributed by atoms with E-state index in [2.05, 4.69) is 66.3 Å². The Balaban J connectivity index is 2.39. The molecule has 0 fully saturated rings. The Kier molecular flexibility index (Phi) is 6.62. The van der Waals surface area contributed by atoms with Crippen LogP contribution in [-0.4, -0.2) is 23.6 Å². The molecule has 0 atom stereocenters. The molecular formula is C16H30N4. The number of aromatic nitrogens is 1. The third kappa shape index (κ3) is 7.22. The predicted molar refractivity (Wildman–Crippen MR) is 86.9 cm³/mol. The molecule has 4 heteroatoms. The van der Waals surface area contributed by atoms with Gasteiger partial charge in [0.2, 0.25) is 0 Å². The van der Waals surface area contributed by atoms with Gasteiger partial charge in [0.1, 0.15) is 0 Å². The minimum Gasteiger partial charge on any atom is -0.357 e. The highest BCUT2D eigenvalue weighted by Gasteiger charge is 2.09. The Hall–Kier alpha value is -1.45. The van der Waals surface area contributed by atoms with Crippen molar-refractivity contribution in [1.82, 2.24) is 15.2 Å². The van der Waals surface area contributed by atoms with Crippen LogP contribution in [0.15, 0.2) is 23.5 Å². The maximum Gasteiger partial charge on any atom is 0.191 e. The first-order valence-electron chi connectivity index (χ1n) is 7.54. The van der Waals surface area contributed by atoms with Gasteiger partial charge in [-0.05, 0) is 36.8 Å². The number of hydrogen-bond acceptors (Lipinski definition) is 1. The van der Waals surface area contributed by atoms with Crippen LogP contribution in [0.4, 0.5) is 0 Å². The van der Waals surface area contributed by atoms with Gasteiger partial charge in [-0.1, -0.05) is 20.8 Å². The number of nitrogens with zero attached hydrogens (tertiary/aromatic N) is 2. The highest BCUT2D eigenvalue weighted by atomic mass is 15.2. The SMILES string of the molecule is CCNC(=NCc1ccn(C)c1)NCCCC(C)(C)C. The first kappa shape index (κ1) is 16.6. The lowest BCUT2D eigenvalue weighted by atomic mass is 9.91. The Morgan fingerprint density at radius 2 is 2.05 bits per heavy atom. The summed E-state index contributed by atoms with van der Waals surface area (Å²) in [7, 11) is 2.03. The van der Waals surface area contributed by atoms with E-state index >= 15 is 0 Å². The summed E-state index contributed by atoms with van der Waals surface area (Å²) >= 11 is 0. The van der Waals surface area contributed by atoms with Gasteiger partial charge < -0.3 is 15.2 Å². The van der Waals surface area contributed by atoms with Gasteiger partial charge in [-0.2, -0.15) is 0 Å². The van der Waals surface area contributed by atoms with Crippen molar-refractivity contribution < 1.29 is 0 Å². The lowest BCUT2D eigenvalue weighted by Crippen LogP contribution is -2.38. The van der Waals surface area contributed by atoms with Crippen LogP contribution in [0.2, 0.25) is 0 Å². The van der Waals surface area contributed by atoms with Crippen LogP contribution in [0.25, 0.3) is 0 Å². The largest absolute Gasteiger partial charge is 0.357 e. The zero-order valence-electron chi connectivity index (χ0n) is 13.7. The van der Waals surface area contributed by atoms with E-state index in [0.717, 1.165) is 25.6 Å². The molecule has 0 aliphatic heterocycles. The van der Waals surface area contributed by atoms with Gasteiger partial charge in [0.15, 0.2) is 5.96 Å². The number of nitrogens with one attached hydrogen (secondary N) is 2. The fraction of sp³-hybridized carbons (Fsp3) is 0.688. The summed E-state index contributed by atoms with van der Waals surface area (Å²) in [4.78, 5) is 4.61. The first-order chi connectivity index (χ1) is 9.40. The van der Waals surface area contributed by atoms with E-state index in [-0.39, 0.29) is 0 Å². The lowest BCUT2D eigenvalue weighted by Gasteiger charge is -2.18. The van der Waals surface area contributed by atoms with Crippen molar-refractivity contribution in [2.45, 2.75) is 47.1 Å². The summed E-state index contributed by atoms with van der Waals surface area (Å²) < 4.78 is 2.05. The molecule has 0 bridgehead atoms. The number of guanidine groups is 1. The summed E-state index contributed by atoms with van der Waals surface area (Å²) in [5.41, 5.74) is 1.64.